The van der Waals surface area contributed by atoms with Gasteiger partial charge in [-0.05, 0) is 44.5 Å². The first kappa shape index (κ1) is 18.2. The number of piperidine rings is 1. The first-order chi connectivity index (χ1) is 8.34. The molecule has 1 aromatic rings. The van der Waals surface area contributed by atoms with Crippen molar-refractivity contribution in [2.45, 2.75) is 31.7 Å². The van der Waals surface area contributed by atoms with Gasteiger partial charge < -0.3 is 10.6 Å². The van der Waals surface area contributed by atoms with Crippen LogP contribution in [0.5, 0.6) is 0 Å². The molecule has 108 valence electrons. The van der Waals surface area contributed by atoms with Crippen molar-refractivity contribution < 1.29 is 4.79 Å². The molecule has 1 amide bonds. The molecule has 19 heavy (non-hydrogen) atoms. The summed E-state index contributed by atoms with van der Waals surface area (Å²) < 4.78 is 0. The molecular formula is C13H21Cl2N3O. The fourth-order valence-electron chi connectivity index (χ4n) is 2.05. The minimum Gasteiger partial charge on any atom is -0.353 e. The Labute approximate surface area is 126 Å². The Balaban J connectivity index is 0.00000162. The van der Waals surface area contributed by atoms with Gasteiger partial charge in [0.15, 0.2) is 0 Å². The number of hydrogen-bond donors (Lipinski definition) is 2. The zero-order chi connectivity index (χ0) is 11.9. The number of aryl methyl sites for hydroxylation is 1. The van der Waals surface area contributed by atoms with E-state index in [0.29, 0.717) is 12.5 Å². The summed E-state index contributed by atoms with van der Waals surface area (Å²) in [5.41, 5.74) is 0.980. The van der Waals surface area contributed by atoms with Crippen molar-refractivity contribution in [3.63, 3.8) is 0 Å². The number of nitrogens with zero attached hydrogens (tertiary/aromatic N) is 1. The Morgan fingerprint density at radius 3 is 2.68 bits per heavy atom. The molecule has 6 heteroatoms. The van der Waals surface area contributed by atoms with Gasteiger partial charge in [0.2, 0.25) is 5.91 Å². The summed E-state index contributed by atoms with van der Waals surface area (Å²) in [5.74, 6) is 0.141. The monoisotopic (exact) mass is 305 g/mol. The maximum Gasteiger partial charge on any atom is 0.220 e. The number of hydrogen-bond acceptors (Lipinski definition) is 3. The molecule has 1 aromatic heterocycles. The predicted octanol–water partition coefficient (Wildman–Crippen LogP) is 1.73. The van der Waals surface area contributed by atoms with E-state index in [1.165, 1.54) is 0 Å². The lowest BCUT2D eigenvalue weighted by Crippen LogP contribution is -2.42. The molecule has 0 atom stereocenters. The van der Waals surface area contributed by atoms with Gasteiger partial charge in [-0.15, -0.1) is 24.8 Å². The minimum atomic E-state index is 0. The van der Waals surface area contributed by atoms with Crippen LogP contribution in [0.25, 0.3) is 0 Å². The van der Waals surface area contributed by atoms with Crippen LogP contribution in [-0.4, -0.2) is 30.0 Å². The Kier molecular flexibility index (Phi) is 9.57. The normalized spacial score (nSPS) is 14.9. The number of aromatic nitrogens is 1. The van der Waals surface area contributed by atoms with Crippen LogP contribution in [0, 0.1) is 0 Å². The van der Waals surface area contributed by atoms with Crippen LogP contribution in [0.1, 0.15) is 25.0 Å². The van der Waals surface area contributed by atoms with Crippen LogP contribution in [0.15, 0.2) is 24.4 Å². The van der Waals surface area contributed by atoms with E-state index in [4.69, 9.17) is 0 Å². The molecule has 1 aliphatic heterocycles. The Morgan fingerprint density at radius 1 is 1.32 bits per heavy atom. The molecule has 4 nitrogen and oxygen atoms in total. The average Bonchev–Trinajstić information content (AvgIpc) is 2.39. The highest BCUT2D eigenvalue weighted by atomic mass is 35.5. The minimum absolute atomic E-state index is 0. The van der Waals surface area contributed by atoms with Gasteiger partial charge in [0.25, 0.3) is 0 Å². The van der Waals surface area contributed by atoms with Crippen LogP contribution in [0.3, 0.4) is 0 Å². The highest BCUT2D eigenvalue weighted by Gasteiger charge is 2.14. The lowest BCUT2D eigenvalue weighted by atomic mass is 10.1. The topological polar surface area (TPSA) is 54.0 Å². The van der Waals surface area contributed by atoms with Crippen LogP contribution in [-0.2, 0) is 11.2 Å². The lowest BCUT2D eigenvalue weighted by molar-refractivity contribution is -0.121. The van der Waals surface area contributed by atoms with E-state index >= 15 is 0 Å². The molecule has 1 aliphatic rings. The summed E-state index contributed by atoms with van der Waals surface area (Å²) in [7, 11) is 0. The number of nitrogens with one attached hydrogen (secondary N) is 2. The molecule has 2 heterocycles. The Morgan fingerprint density at radius 2 is 2.05 bits per heavy atom. The average molecular weight is 306 g/mol. The summed E-state index contributed by atoms with van der Waals surface area (Å²) in [6.45, 7) is 2.01. The summed E-state index contributed by atoms with van der Waals surface area (Å²) in [6, 6.07) is 6.15. The molecule has 0 aromatic carbocycles. The van der Waals surface area contributed by atoms with Gasteiger partial charge in [0, 0.05) is 24.4 Å². The van der Waals surface area contributed by atoms with E-state index in [2.05, 4.69) is 15.6 Å². The Bertz CT molecular complexity index is 356. The summed E-state index contributed by atoms with van der Waals surface area (Å²) in [5, 5.41) is 6.37. The van der Waals surface area contributed by atoms with E-state index in [9.17, 15) is 4.79 Å². The van der Waals surface area contributed by atoms with Crippen LogP contribution < -0.4 is 10.6 Å². The number of pyridine rings is 1. The highest BCUT2D eigenvalue weighted by molar-refractivity contribution is 5.85. The smallest absolute Gasteiger partial charge is 0.220 e. The molecule has 2 rings (SSSR count). The van der Waals surface area contributed by atoms with E-state index in [0.717, 1.165) is 38.0 Å². The van der Waals surface area contributed by atoms with E-state index in [-0.39, 0.29) is 30.7 Å². The molecule has 0 aliphatic carbocycles. The van der Waals surface area contributed by atoms with Crippen molar-refractivity contribution in [2.24, 2.45) is 0 Å². The maximum atomic E-state index is 11.7. The van der Waals surface area contributed by atoms with Crippen molar-refractivity contribution in [3.05, 3.63) is 30.1 Å². The molecule has 1 fully saturated rings. The van der Waals surface area contributed by atoms with Crippen molar-refractivity contribution in [1.29, 1.82) is 0 Å². The first-order valence-electron chi connectivity index (χ1n) is 6.24. The third-order valence-corrected chi connectivity index (χ3v) is 3.04. The molecule has 2 N–H and O–H groups in total. The van der Waals surface area contributed by atoms with Crippen molar-refractivity contribution in [1.82, 2.24) is 15.6 Å². The third-order valence-electron chi connectivity index (χ3n) is 3.04. The fraction of sp³-hybridized carbons (Fsp3) is 0.538. The lowest BCUT2D eigenvalue weighted by Gasteiger charge is -2.23. The van der Waals surface area contributed by atoms with E-state index in [1.54, 1.807) is 6.20 Å². The third kappa shape index (κ3) is 6.76. The number of halogens is 2. The van der Waals surface area contributed by atoms with Gasteiger partial charge in [0.05, 0.1) is 0 Å². The van der Waals surface area contributed by atoms with Gasteiger partial charge in [0.1, 0.15) is 0 Å². The number of carbonyl (C=O) groups excluding carboxylic acids is 1. The molecule has 0 unspecified atom stereocenters. The molecule has 0 radical (unpaired) electrons. The first-order valence-corrected chi connectivity index (χ1v) is 6.24. The molecule has 0 spiro atoms. The van der Waals surface area contributed by atoms with Crippen LogP contribution in [0.4, 0.5) is 0 Å². The number of amides is 1. The molecule has 1 saturated heterocycles. The van der Waals surface area contributed by atoms with Crippen molar-refractivity contribution >= 4 is 30.7 Å². The fourth-order valence-corrected chi connectivity index (χ4v) is 2.05. The summed E-state index contributed by atoms with van der Waals surface area (Å²) >= 11 is 0. The number of rotatable bonds is 4. The summed E-state index contributed by atoms with van der Waals surface area (Å²) in [6.07, 6.45) is 5.09. The Hall–Kier alpha value is -0.840. The zero-order valence-corrected chi connectivity index (χ0v) is 12.4. The molecular weight excluding hydrogens is 285 g/mol. The molecule has 0 bridgehead atoms. The highest BCUT2D eigenvalue weighted by Crippen LogP contribution is 2.03. The maximum absolute atomic E-state index is 11.7. The van der Waals surface area contributed by atoms with Crippen molar-refractivity contribution in [2.75, 3.05) is 13.1 Å². The van der Waals surface area contributed by atoms with Crippen LogP contribution >= 0.6 is 24.8 Å². The quantitative estimate of drug-likeness (QED) is 0.891. The van der Waals surface area contributed by atoms with Gasteiger partial charge in [-0.2, -0.15) is 0 Å². The standard InChI is InChI=1S/C13H19N3O.2ClH/c17-13(16-12-6-9-14-10-7-12)5-4-11-3-1-2-8-15-11;;/h1-3,8,12,14H,4-7,9-10H2,(H,16,17);2*1H. The van der Waals surface area contributed by atoms with Gasteiger partial charge >= 0.3 is 0 Å². The SMILES string of the molecule is Cl.Cl.O=C(CCc1ccccn1)NC1CCNCC1. The largest absolute Gasteiger partial charge is 0.353 e. The second-order valence-electron chi connectivity index (χ2n) is 4.41. The number of carbonyl (C=O) groups is 1. The molecule has 0 saturated carbocycles. The van der Waals surface area contributed by atoms with E-state index in [1.807, 2.05) is 18.2 Å². The second-order valence-corrected chi connectivity index (χ2v) is 4.41. The van der Waals surface area contributed by atoms with Gasteiger partial charge in [-0.3, -0.25) is 9.78 Å². The zero-order valence-electron chi connectivity index (χ0n) is 10.8. The second kappa shape index (κ2) is 10.0. The predicted molar refractivity (Wildman–Crippen MR) is 81.1 cm³/mol. The van der Waals surface area contributed by atoms with Gasteiger partial charge in [-0.1, -0.05) is 6.07 Å². The van der Waals surface area contributed by atoms with Crippen LogP contribution in [0.2, 0.25) is 0 Å². The van der Waals surface area contributed by atoms with E-state index < -0.39 is 0 Å². The van der Waals surface area contributed by atoms with Gasteiger partial charge in [-0.25, -0.2) is 0 Å². The van der Waals surface area contributed by atoms with Crippen molar-refractivity contribution in [3.8, 4) is 0 Å². The summed E-state index contributed by atoms with van der Waals surface area (Å²) in [4.78, 5) is 15.9.